The Kier molecular flexibility index (Phi) is 7.97. The Balaban J connectivity index is 0.00000272. The minimum absolute atomic E-state index is 0. The molecular weight excluding hydrogens is 437 g/mol. The van der Waals surface area contributed by atoms with Crippen LogP contribution in [0.5, 0.6) is 0 Å². The van der Waals surface area contributed by atoms with E-state index in [1.807, 2.05) is 6.08 Å². The highest BCUT2D eigenvalue weighted by Gasteiger charge is 2.41. The molecule has 8 heteroatoms. The molecule has 2 aromatic rings. The van der Waals surface area contributed by atoms with Crippen LogP contribution in [0.3, 0.4) is 0 Å². The van der Waals surface area contributed by atoms with Crippen molar-refractivity contribution in [2.75, 3.05) is 13.1 Å². The minimum atomic E-state index is -0.604. The van der Waals surface area contributed by atoms with Crippen LogP contribution in [0.2, 0.25) is 0 Å². The van der Waals surface area contributed by atoms with Crippen molar-refractivity contribution in [3.63, 3.8) is 0 Å². The van der Waals surface area contributed by atoms with Crippen LogP contribution >= 0.6 is 24.2 Å². The number of benzene rings is 1. The molecule has 2 unspecified atom stereocenters. The number of rotatable bonds is 6. The van der Waals surface area contributed by atoms with E-state index in [0.717, 1.165) is 18.4 Å². The fraction of sp³-hybridized carbons (Fsp3) is 0.391. The molecule has 0 radical (unpaired) electrons. The molecule has 2 aliphatic rings. The Labute approximate surface area is 191 Å². The molecule has 4 rings (SSSR count). The van der Waals surface area contributed by atoms with Crippen LogP contribution < -0.4 is 0 Å². The second-order valence-corrected chi connectivity index (χ2v) is 9.19. The zero-order chi connectivity index (χ0) is 21.1. The van der Waals surface area contributed by atoms with E-state index in [1.165, 1.54) is 17.8 Å². The molecule has 0 bridgehead atoms. The number of likely N-dealkylation sites (tertiary alicyclic amines) is 1. The lowest BCUT2D eigenvalue weighted by Gasteiger charge is -2.38. The quantitative estimate of drug-likeness (QED) is 0.631. The van der Waals surface area contributed by atoms with Gasteiger partial charge in [0.2, 0.25) is 0 Å². The van der Waals surface area contributed by atoms with Crippen LogP contribution in [-0.4, -0.2) is 44.1 Å². The molecule has 1 aliphatic carbocycles. The van der Waals surface area contributed by atoms with Crippen molar-refractivity contribution < 1.29 is 14.0 Å². The number of Topliss-reactive ketones (excluding diaryl/α,β-unsaturated/α-hetero) is 1. The molecule has 1 saturated carbocycles. The average Bonchev–Trinajstić information content (AvgIpc) is 3.57. The van der Waals surface area contributed by atoms with E-state index in [4.69, 9.17) is 0 Å². The first-order valence-electron chi connectivity index (χ1n) is 10.2. The average molecular weight is 462 g/mol. The summed E-state index contributed by atoms with van der Waals surface area (Å²) in [5.41, 5.74) is 2.15. The van der Waals surface area contributed by atoms with E-state index in [2.05, 4.69) is 14.9 Å². The molecule has 164 valence electrons. The molecule has 0 amide bonds. The van der Waals surface area contributed by atoms with Crippen LogP contribution in [0, 0.1) is 11.7 Å². The van der Waals surface area contributed by atoms with Crippen LogP contribution in [0.25, 0.3) is 6.08 Å². The van der Waals surface area contributed by atoms with Crippen LogP contribution in [0.4, 0.5) is 4.39 Å². The van der Waals surface area contributed by atoms with Gasteiger partial charge in [-0.3, -0.25) is 24.5 Å². The number of halogens is 2. The van der Waals surface area contributed by atoms with Crippen molar-refractivity contribution in [3.8, 4) is 0 Å². The summed E-state index contributed by atoms with van der Waals surface area (Å²) in [6.07, 6.45) is 9.31. The highest BCUT2D eigenvalue weighted by Crippen LogP contribution is 2.40. The second kappa shape index (κ2) is 10.5. The first-order chi connectivity index (χ1) is 14.5. The predicted molar refractivity (Wildman–Crippen MR) is 122 cm³/mol. The zero-order valence-corrected chi connectivity index (χ0v) is 18.9. The van der Waals surface area contributed by atoms with E-state index < -0.39 is 6.04 Å². The molecule has 1 saturated heterocycles. The molecular formula is C23H25ClFN3O2S. The van der Waals surface area contributed by atoms with Gasteiger partial charge >= 0.3 is 0 Å². The summed E-state index contributed by atoms with van der Waals surface area (Å²) in [6, 6.07) is 5.94. The van der Waals surface area contributed by atoms with Gasteiger partial charge < -0.3 is 0 Å². The van der Waals surface area contributed by atoms with Crippen molar-refractivity contribution in [1.82, 2.24) is 14.9 Å². The number of ketones is 1. The molecule has 5 nitrogen and oxygen atoms in total. The largest absolute Gasteiger partial charge is 0.297 e. The van der Waals surface area contributed by atoms with Gasteiger partial charge in [-0.1, -0.05) is 30.0 Å². The Bertz CT molecular complexity index is 968. The first-order valence-corrected chi connectivity index (χ1v) is 11.1. The predicted octanol–water partition coefficient (Wildman–Crippen LogP) is 4.50. The maximum absolute atomic E-state index is 14.7. The topological polar surface area (TPSA) is 63.2 Å². The third-order valence-corrected chi connectivity index (χ3v) is 6.67. The Hall–Kier alpha value is -2.09. The number of thioether (sulfide) groups is 1. The van der Waals surface area contributed by atoms with Crippen molar-refractivity contribution in [2.24, 2.45) is 5.92 Å². The van der Waals surface area contributed by atoms with Crippen molar-refractivity contribution in [3.05, 3.63) is 65.5 Å². The lowest BCUT2D eigenvalue weighted by atomic mass is 9.93. The van der Waals surface area contributed by atoms with E-state index in [0.29, 0.717) is 30.8 Å². The fourth-order valence-corrected chi connectivity index (χ4v) is 4.89. The number of hydrogen-bond donors (Lipinski definition) is 0. The number of carbonyl (C=O) groups excluding carboxylic acids is 2. The smallest absolute Gasteiger partial charge is 0.186 e. The summed E-state index contributed by atoms with van der Waals surface area (Å²) in [6.45, 7) is 2.68. The monoisotopic (exact) mass is 461 g/mol. The van der Waals surface area contributed by atoms with Gasteiger partial charge in [0.1, 0.15) is 5.82 Å². The number of piperidine rings is 1. The SMILES string of the molecule is CC(=O)SC1CCN(C(C(=O)C2CC2)c2ccccc2F)C/C1=C/c1cnccn1.Cl. The number of aromatic nitrogens is 2. The normalized spacial score (nSPS) is 21.4. The molecule has 0 spiro atoms. The highest BCUT2D eigenvalue weighted by molar-refractivity contribution is 8.14. The molecule has 0 N–H and O–H groups in total. The molecule has 31 heavy (non-hydrogen) atoms. The van der Waals surface area contributed by atoms with Crippen molar-refractivity contribution in [2.45, 2.75) is 37.5 Å². The van der Waals surface area contributed by atoms with Gasteiger partial charge in [0, 0.05) is 49.1 Å². The maximum atomic E-state index is 14.7. The van der Waals surface area contributed by atoms with Gasteiger partial charge in [-0.05, 0) is 37.0 Å². The third-order valence-electron chi connectivity index (χ3n) is 5.52. The summed E-state index contributed by atoms with van der Waals surface area (Å²) in [5, 5.41) is 0.0660. The Morgan fingerprint density at radius 2 is 2.00 bits per heavy atom. The van der Waals surface area contributed by atoms with E-state index in [-0.39, 0.29) is 40.3 Å². The lowest BCUT2D eigenvalue weighted by molar-refractivity contribution is -0.126. The maximum Gasteiger partial charge on any atom is 0.186 e. The Morgan fingerprint density at radius 1 is 1.23 bits per heavy atom. The van der Waals surface area contributed by atoms with Gasteiger partial charge in [0.15, 0.2) is 10.9 Å². The summed E-state index contributed by atoms with van der Waals surface area (Å²) in [7, 11) is 0. The summed E-state index contributed by atoms with van der Waals surface area (Å²) >= 11 is 1.30. The Morgan fingerprint density at radius 3 is 2.65 bits per heavy atom. The third kappa shape index (κ3) is 5.79. The molecule has 2 heterocycles. The van der Waals surface area contributed by atoms with Gasteiger partial charge in [-0.2, -0.15) is 0 Å². The molecule has 2 atom stereocenters. The van der Waals surface area contributed by atoms with Gasteiger partial charge in [0.25, 0.3) is 0 Å². The van der Waals surface area contributed by atoms with Crippen molar-refractivity contribution in [1.29, 1.82) is 0 Å². The van der Waals surface area contributed by atoms with Crippen LogP contribution in [-0.2, 0) is 9.59 Å². The summed E-state index contributed by atoms with van der Waals surface area (Å²) < 4.78 is 14.7. The van der Waals surface area contributed by atoms with E-state index >= 15 is 0 Å². The van der Waals surface area contributed by atoms with E-state index in [1.54, 1.807) is 43.7 Å². The number of nitrogens with zero attached hydrogens (tertiary/aromatic N) is 3. The molecule has 1 aromatic heterocycles. The number of hydrogen-bond acceptors (Lipinski definition) is 6. The van der Waals surface area contributed by atoms with Crippen molar-refractivity contribution >= 4 is 41.1 Å². The van der Waals surface area contributed by atoms with Gasteiger partial charge in [0.05, 0.1) is 17.9 Å². The highest BCUT2D eigenvalue weighted by atomic mass is 35.5. The summed E-state index contributed by atoms with van der Waals surface area (Å²) in [5.74, 6) is -0.237. The van der Waals surface area contributed by atoms with Crippen LogP contribution in [0.15, 0.2) is 48.4 Å². The van der Waals surface area contributed by atoms with E-state index in [9.17, 15) is 14.0 Å². The van der Waals surface area contributed by atoms with Gasteiger partial charge in [-0.15, -0.1) is 12.4 Å². The molecule has 1 aromatic carbocycles. The fourth-order valence-electron chi connectivity index (χ4n) is 3.97. The standard InChI is InChI=1S/C23H24FN3O2S.ClH/c1-15(28)30-21-8-11-27(14-17(21)12-18-13-25-9-10-26-18)22(23(29)16-6-7-16)19-4-2-3-5-20(19)24;/h2-5,9-10,12-13,16,21-22H,6-8,11,14H2,1H3;1H/b17-12-;. The summed E-state index contributed by atoms with van der Waals surface area (Å²) in [4.78, 5) is 35.4. The lowest BCUT2D eigenvalue weighted by Crippen LogP contribution is -2.43. The number of carbonyl (C=O) groups is 2. The van der Waals surface area contributed by atoms with Crippen LogP contribution in [0.1, 0.15) is 43.5 Å². The minimum Gasteiger partial charge on any atom is -0.297 e. The molecule has 1 aliphatic heterocycles. The first kappa shape index (κ1) is 23.6. The second-order valence-electron chi connectivity index (χ2n) is 7.81. The molecule has 2 fully saturated rings. The van der Waals surface area contributed by atoms with Gasteiger partial charge in [-0.25, -0.2) is 4.39 Å². The zero-order valence-electron chi connectivity index (χ0n) is 17.2.